The third kappa shape index (κ3) is 5.82. The van der Waals surface area contributed by atoms with E-state index in [-0.39, 0.29) is 5.91 Å². The second-order valence-corrected chi connectivity index (χ2v) is 2.28. The van der Waals surface area contributed by atoms with E-state index in [1.54, 1.807) is 6.92 Å². The zero-order valence-corrected chi connectivity index (χ0v) is 7.09. The Hall–Kier alpha value is -0.610. The van der Waals surface area contributed by atoms with Crippen molar-refractivity contribution in [3.8, 4) is 0 Å². The van der Waals surface area contributed by atoms with Gasteiger partial charge in [0.05, 0.1) is 12.6 Å². The van der Waals surface area contributed by atoms with E-state index in [0.29, 0.717) is 19.8 Å². The standard InChI is InChI=1S/C7H16N2O2/c1-3-11-5-4-9-7(10)6(2)8/h6H,3-5,8H2,1-2H3,(H,9,10)/t6-/m0/s1. The average molecular weight is 160 g/mol. The topological polar surface area (TPSA) is 64.3 Å². The lowest BCUT2D eigenvalue weighted by Gasteiger charge is -2.06. The Bertz CT molecular complexity index is 115. The van der Waals surface area contributed by atoms with Gasteiger partial charge in [-0.2, -0.15) is 0 Å². The molecule has 0 radical (unpaired) electrons. The number of nitrogens with two attached hydrogens (primary N) is 1. The van der Waals surface area contributed by atoms with Gasteiger partial charge < -0.3 is 15.8 Å². The first-order valence-corrected chi connectivity index (χ1v) is 3.79. The third-order valence-corrected chi connectivity index (χ3v) is 1.16. The van der Waals surface area contributed by atoms with Crippen LogP contribution in [0.3, 0.4) is 0 Å². The van der Waals surface area contributed by atoms with Gasteiger partial charge in [-0.1, -0.05) is 0 Å². The maximum absolute atomic E-state index is 10.8. The van der Waals surface area contributed by atoms with E-state index in [9.17, 15) is 4.79 Å². The molecule has 0 aromatic heterocycles. The number of hydrogen-bond donors (Lipinski definition) is 2. The van der Waals surface area contributed by atoms with E-state index in [1.165, 1.54) is 0 Å². The van der Waals surface area contributed by atoms with Crippen LogP contribution < -0.4 is 11.1 Å². The highest BCUT2D eigenvalue weighted by Gasteiger charge is 2.04. The van der Waals surface area contributed by atoms with Crippen molar-refractivity contribution in [3.63, 3.8) is 0 Å². The van der Waals surface area contributed by atoms with Crippen molar-refractivity contribution in [3.05, 3.63) is 0 Å². The highest BCUT2D eigenvalue weighted by Crippen LogP contribution is 1.75. The monoisotopic (exact) mass is 160 g/mol. The molecule has 0 spiro atoms. The van der Waals surface area contributed by atoms with E-state index in [4.69, 9.17) is 10.5 Å². The van der Waals surface area contributed by atoms with Gasteiger partial charge >= 0.3 is 0 Å². The minimum absolute atomic E-state index is 0.135. The summed E-state index contributed by atoms with van der Waals surface area (Å²) in [6, 6.07) is -0.434. The zero-order valence-electron chi connectivity index (χ0n) is 7.09. The highest BCUT2D eigenvalue weighted by atomic mass is 16.5. The summed E-state index contributed by atoms with van der Waals surface area (Å²) in [5.41, 5.74) is 5.30. The van der Waals surface area contributed by atoms with Crippen LogP contribution in [-0.2, 0) is 9.53 Å². The summed E-state index contributed by atoms with van der Waals surface area (Å²) in [6.07, 6.45) is 0. The Morgan fingerprint density at radius 1 is 1.73 bits per heavy atom. The zero-order chi connectivity index (χ0) is 8.69. The fourth-order valence-electron chi connectivity index (χ4n) is 0.552. The van der Waals surface area contributed by atoms with Gasteiger partial charge in [0.2, 0.25) is 5.91 Å². The van der Waals surface area contributed by atoms with E-state index in [0.717, 1.165) is 0 Å². The van der Waals surface area contributed by atoms with Gasteiger partial charge in [0.25, 0.3) is 0 Å². The molecule has 3 N–H and O–H groups in total. The molecule has 11 heavy (non-hydrogen) atoms. The van der Waals surface area contributed by atoms with Gasteiger partial charge in [0.1, 0.15) is 0 Å². The third-order valence-electron chi connectivity index (χ3n) is 1.16. The quantitative estimate of drug-likeness (QED) is 0.532. The number of hydrogen-bond acceptors (Lipinski definition) is 3. The van der Waals surface area contributed by atoms with Gasteiger partial charge in [-0.25, -0.2) is 0 Å². The summed E-state index contributed by atoms with van der Waals surface area (Å²) in [4.78, 5) is 10.8. The van der Waals surface area contributed by atoms with Crippen LogP contribution in [0.25, 0.3) is 0 Å². The summed E-state index contributed by atoms with van der Waals surface area (Å²) in [5.74, 6) is -0.135. The van der Waals surface area contributed by atoms with Gasteiger partial charge in [-0.15, -0.1) is 0 Å². The van der Waals surface area contributed by atoms with Crippen LogP contribution in [0.1, 0.15) is 13.8 Å². The van der Waals surface area contributed by atoms with Gasteiger partial charge in [-0.05, 0) is 13.8 Å². The summed E-state index contributed by atoms with van der Waals surface area (Å²) >= 11 is 0. The van der Waals surface area contributed by atoms with Crippen LogP contribution in [0.15, 0.2) is 0 Å². The number of carbonyl (C=O) groups excluding carboxylic acids is 1. The molecule has 0 saturated carbocycles. The van der Waals surface area contributed by atoms with Crippen molar-refractivity contribution >= 4 is 5.91 Å². The summed E-state index contributed by atoms with van der Waals surface area (Å²) < 4.78 is 5.01. The molecule has 0 aliphatic rings. The molecule has 0 heterocycles. The molecule has 0 unspecified atom stereocenters. The number of amides is 1. The van der Waals surface area contributed by atoms with Crippen molar-refractivity contribution in [2.75, 3.05) is 19.8 Å². The Kier molecular flexibility index (Phi) is 5.78. The molecule has 0 fully saturated rings. The molecule has 0 aliphatic heterocycles. The van der Waals surface area contributed by atoms with E-state index in [1.807, 2.05) is 6.92 Å². The molecular weight excluding hydrogens is 144 g/mol. The molecule has 66 valence electrons. The van der Waals surface area contributed by atoms with Crippen LogP contribution in [-0.4, -0.2) is 31.7 Å². The number of ether oxygens (including phenoxy) is 1. The first kappa shape index (κ1) is 10.4. The molecule has 4 heteroatoms. The van der Waals surface area contributed by atoms with Gasteiger partial charge in [0, 0.05) is 13.2 Å². The number of carbonyl (C=O) groups is 1. The molecule has 0 saturated heterocycles. The Balaban J connectivity index is 3.18. The van der Waals surface area contributed by atoms with Crippen LogP contribution in [0.4, 0.5) is 0 Å². The SMILES string of the molecule is CCOCCNC(=O)[C@H](C)N. The first-order valence-electron chi connectivity index (χ1n) is 3.79. The molecule has 1 amide bonds. The number of rotatable bonds is 5. The molecule has 0 rings (SSSR count). The first-order chi connectivity index (χ1) is 5.18. The van der Waals surface area contributed by atoms with Crippen LogP contribution in [0.2, 0.25) is 0 Å². The molecule has 4 nitrogen and oxygen atoms in total. The Morgan fingerprint density at radius 2 is 2.36 bits per heavy atom. The minimum atomic E-state index is -0.434. The lowest BCUT2D eigenvalue weighted by atomic mass is 10.3. The predicted octanol–water partition coefficient (Wildman–Crippen LogP) is -0.514. The van der Waals surface area contributed by atoms with E-state index in [2.05, 4.69) is 5.32 Å². The summed E-state index contributed by atoms with van der Waals surface area (Å²) in [6.45, 7) is 5.32. The summed E-state index contributed by atoms with van der Waals surface area (Å²) in [7, 11) is 0. The Labute approximate surface area is 67.1 Å². The number of nitrogens with one attached hydrogen (secondary N) is 1. The molecular formula is C7H16N2O2. The maximum atomic E-state index is 10.8. The fraction of sp³-hybridized carbons (Fsp3) is 0.857. The minimum Gasteiger partial charge on any atom is -0.380 e. The van der Waals surface area contributed by atoms with E-state index < -0.39 is 6.04 Å². The van der Waals surface area contributed by atoms with Crippen molar-refractivity contribution in [1.82, 2.24) is 5.32 Å². The van der Waals surface area contributed by atoms with Crippen molar-refractivity contribution in [1.29, 1.82) is 0 Å². The Morgan fingerprint density at radius 3 is 2.82 bits per heavy atom. The predicted molar refractivity (Wildman–Crippen MR) is 43.2 cm³/mol. The smallest absolute Gasteiger partial charge is 0.236 e. The van der Waals surface area contributed by atoms with Crippen LogP contribution >= 0.6 is 0 Å². The normalized spacial score (nSPS) is 12.6. The maximum Gasteiger partial charge on any atom is 0.236 e. The van der Waals surface area contributed by atoms with Gasteiger partial charge in [-0.3, -0.25) is 4.79 Å². The molecule has 0 bridgehead atoms. The van der Waals surface area contributed by atoms with E-state index >= 15 is 0 Å². The molecule has 1 atom stereocenters. The van der Waals surface area contributed by atoms with Crippen molar-refractivity contribution < 1.29 is 9.53 Å². The van der Waals surface area contributed by atoms with Crippen molar-refractivity contribution in [2.45, 2.75) is 19.9 Å². The molecule has 0 aromatic carbocycles. The largest absolute Gasteiger partial charge is 0.380 e. The van der Waals surface area contributed by atoms with Crippen LogP contribution in [0.5, 0.6) is 0 Å². The molecule has 0 aromatic rings. The highest BCUT2D eigenvalue weighted by molar-refractivity contribution is 5.80. The van der Waals surface area contributed by atoms with Crippen LogP contribution in [0, 0.1) is 0 Å². The summed E-state index contributed by atoms with van der Waals surface area (Å²) in [5, 5.41) is 2.63. The fourth-order valence-corrected chi connectivity index (χ4v) is 0.552. The lowest BCUT2D eigenvalue weighted by molar-refractivity contribution is -0.122. The van der Waals surface area contributed by atoms with Gasteiger partial charge in [0.15, 0.2) is 0 Å². The second kappa shape index (κ2) is 6.12. The lowest BCUT2D eigenvalue weighted by Crippen LogP contribution is -2.39. The van der Waals surface area contributed by atoms with Crippen molar-refractivity contribution in [2.24, 2.45) is 5.73 Å². The molecule has 0 aliphatic carbocycles. The average Bonchev–Trinajstić information content (AvgIpc) is 1.97. The second-order valence-electron chi connectivity index (χ2n) is 2.28.